The van der Waals surface area contributed by atoms with Crippen LogP contribution in [-0.4, -0.2) is 80.6 Å². The number of benzene rings is 1. The number of esters is 1. The molecule has 2 amide bonds. The van der Waals surface area contributed by atoms with Crippen LogP contribution in [0, 0.1) is 0 Å². The Morgan fingerprint density at radius 1 is 1.00 bits per heavy atom. The molecule has 0 spiro atoms. The van der Waals surface area contributed by atoms with Gasteiger partial charge in [-0.15, -0.1) is 0 Å². The highest BCUT2D eigenvalue weighted by Crippen LogP contribution is 2.28. The molecule has 158 valence electrons. The summed E-state index contributed by atoms with van der Waals surface area (Å²) in [4.78, 5) is 41.8. The van der Waals surface area contributed by atoms with Gasteiger partial charge in [0.25, 0.3) is 5.91 Å². The molecule has 8 heteroatoms. The molecule has 2 aliphatic rings. The van der Waals surface area contributed by atoms with Crippen LogP contribution in [0.3, 0.4) is 0 Å². The van der Waals surface area contributed by atoms with Crippen molar-refractivity contribution < 1.29 is 23.9 Å². The zero-order chi connectivity index (χ0) is 20.6. The lowest BCUT2D eigenvalue weighted by Gasteiger charge is -2.36. The van der Waals surface area contributed by atoms with E-state index in [4.69, 9.17) is 9.47 Å². The van der Waals surface area contributed by atoms with Crippen LogP contribution in [0.25, 0.3) is 0 Å². The van der Waals surface area contributed by atoms with Crippen molar-refractivity contribution in [2.24, 2.45) is 0 Å². The molecule has 0 saturated carbocycles. The van der Waals surface area contributed by atoms with Crippen molar-refractivity contribution in [2.45, 2.75) is 25.7 Å². The van der Waals surface area contributed by atoms with E-state index in [2.05, 4.69) is 4.90 Å². The second-order valence-electron chi connectivity index (χ2n) is 7.33. The fourth-order valence-corrected chi connectivity index (χ4v) is 3.73. The van der Waals surface area contributed by atoms with E-state index >= 15 is 0 Å². The molecule has 0 aromatic heterocycles. The Bertz CT molecular complexity index is 731. The maximum absolute atomic E-state index is 12.4. The number of methoxy groups -OCH3 is 1. The lowest BCUT2D eigenvalue weighted by atomic mass is 10.2. The number of hydrogen-bond acceptors (Lipinski definition) is 6. The van der Waals surface area contributed by atoms with Gasteiger partial charge in [0.05, 0.1) is 12.8 Å². The Labute approximate surface area is 171 Å². The van der Waals surface area contributed by atoms with E-state index in [0.29, 0.717) is 39.1 Å². The van der Waals surface area contributed by atoms with E-state index in [-0.39, 0.29) is 25.0 Å². The molecule has 2 saturated heterocycles. The predicted octanol–water partition coefficient (Wildman–Crippen LogP) is 1.29. The Morgan fingerprint density at radius 3 is 2.52 bits per heavy atom. The summed E-state index contributed by atoms with van der Waals surface area (Å²) < 4.78 is 10.5. The highest BCUT2D eigenvalue weighted by molar-refractivity contribution is 5.84. The third-order valence-corrected chi connectivity index (χ3v) is 5.41. The molecule has 29 heavy (non-hydrogen) atoms. The number of para-hydroxylation sites is 2. The van der Waals surface area contributed by atoms with E-state index in [1.165, 1.54) is 4.90 Å². The number of rotatable bonds is 6. The van der Waals surface area contributed by atoms with Gasteiger partial charge in [0, 0.05) is 39.1 Å². The number of carbonyl (C=O) groups excluding carboxylic acids is 3. The molecule has 3 rings (SSSR count). The summed E-state index contributed by atoms with van der Waals surface area (Å²) in [5.74, 6) is 0.0592. The number of hydrogen-bond donors (Lipinski definition) is 0. The van der Waals surface area contributed by atoms with Crippen LogP contribution in [0.4, 0.5) is 5.69 Å². The van der Waals surface area contributed by atoms with Crippen LogP contribution in [0.5, 0.6) is 5.75 Å². The fraction of sp³-hybridized carbons (Fsp3) is 0.571. The molecule has 0 aliphatic carbocycles. The molecule has 2 heterocycles. The van der Waals surface area contributed by atoms with Gasteiger partial charge in [-0.1, -0.05) is 18.6 Å². The highest BCUT2D eigenvalue weighted by atomic mass is 16.5. The van der Waals surface area contributed by atoms with Crippen LogP contribution in [0.2, 0.25) is 0 Å². The summed E-state index contributed by atoms with van der Waals surface area (Å²) in [6.45, 7) is 2.69. The molecule has 0 atom stereocenters. The van der Waals surface area contributed by atoms with Crippen LogP contribution in [0.1, 0.15) is 25.7 Å². The van der Waals surface area contributed by atoms with Gasteiger partial charge < -0.3 is 24.2 Å². The van der Waals surface area contributed by atoms with Gasteiger partial charge in [-0.05, 0) is 25.0 Å². The first-order valence-electron chi connectivity index (χ1n) is 10.2. The van der Waals surface area contributed by atoms with Gasteiger partial charge in [-0.2, -0.15) is 0 Å². The number of likely N-dealkylation sites (tertiary alicyclic amines) is 1. The first-order valence-corrected chi connectivity index (χ1v) is 10.2. The summed E-state index contributed by atoms with van der Waals surface area (Å²) in [6, 6.07) is 7.81. The molecule has 1 aromatic rings. The topological polar surface area (TPSA) is 79.4 Å². The van der Waals surface area contributed by atoms with E-state index in [9.17, 15) is 14.4 Å². The zero-order valence-corrected chi connectivity index (χ0v) is 17.0. The lowest BCUT2D eigenvalue weighted by Crippen LogP contribution is -2.50. The molecule has 0 bridgehead atoms. The molecule has 8 nitrogen and oxygen atoms in total. The van der Waals surface area contributed by atoms with Gasteiger partial charge in [0.2, 0.25) is 5.91 Å². The Morgan fingerprint density at radius 2 is 1.76 bits per heavy atom. The van der Waals surface area contributed by atoms with Crippen molar-refractivity contribution in [1.29, 1.82) is 0 Å². The summed E-state index contributed by atoms with van der Waals surface area (Å²) in [6.07, 6.45) is 3.23. The number of carbonyl (C=O) groups is 3. The molecule has 0 N–H and O–H groups in total. The number of anilines is 1. The molecule has 2 fully saturated rings. The second-order valence-corrected chi connectivity index (χ2v) is 7.33. The van der Waals surface area contributed by atoms with Crippen molar-refractivity contribution in [1.82, 2.24) is 9.80 Å². The van der Waals surface area contributed by atoms with E-state index in [1.54, 1.807) is 12.0 Å². The minimum absolute atomic E-state index is 0.0155. The molecular weight excluding hydrogens is 374 g/mol. The van der Waals surface area contributed by atoms with Gasteiger partial charge in [0.1, 0.15) is 12.3 Å². The van der Waals surface area contributed by atoms with Crippen molar-refractivity contribution in [3.05, 3.63) is 24.3 Å². The summed E-state index contributed by atoms with van der Waals surface area (Å²) >= 11 is 0. The number of amides is 2. The molecule has 0 unspecified atom stereocenters. The van der Waals surface area contributed by atoms with Crippen LogP contribution < -0.4 is 9.64 Å². The van der Waals surface area contributed by atoms with Crippen molar-refractivity contribution >= 4 is 23.5 Å². The third-order valence-electron chi connectivity index (χ3n) is 5.41. The average molecular weight is 403 g/mol. The first-order chi connectivity index (χ1) is 14.1. The average Bonchev–Trinajstić information content (AvgIpc) is 2.96. The summed E-state index contributed by atoms with van der Waals surface area (Å²) in [5, 5.41) is 0. The second kappa shape index (κ2) is 10.1. The Kier molecular flexibility index (Phi) is 7.32. The highest BCUT2D eigenvalue weighted by Gasteiger charge is 2.25. The smallest absolute Gasteiger partial charge is 0.326 e. The van der Waals surface area contributed by atoms with Gasteiger partial charge >= 0.3 is 5.97 Å². The molecule has 2 aliphatic heterocycles. The van der Waals surface area contributed by atoms with Gasteiger partial charge in [-0.25, -0.2) is 0 Å². The van der Waals surface area contributed by atoms with Gasteiger partial charge in [-0.3, -0.25) is 14.4 Å². The standard InChI is InChI=1S/C21H29N3O5/c1-28-18-8-5-4-7-17(18)22-11-13-23(14-12-22)20(26)16-29-21(27)15-24-10-6-2-3-9-19(24)25/h4-5,7-8H,2-3,6,9-16H2,1H3. The van der Waals surface area contributed by atoms with Crippen molar-refractivity contribution in [3.8, 4) is 5.75 Å². The minimum atomic E-state index is -0.527. The minimum Gasteiger partial charge on any atom is -0.495 e. The SMILES string of the molecule is COc1ccccc1N1CCN(C(=O)COC(=O)CN2CCCCCC2=O)CC1. The fourth-order valence-electron chi connectivity index (χ4n) is 3.73. The predicted molar refractivity (Wildman–Crippen MR) is 108 cm³/mol. The Balaban J connectivity index is 1.42. The van der Waals surface area contributed by atoms with E-state index in [1.807, 2.05) is 24.3 Å². The molecule has 1 aromatic carbocycles. The quantitative estimate of drug-likeness (QED) is 0.666. The Hall–Kier alpha value is -2.77. The lowest BCUT2D eigenvalue weighted by molar-refractivity contribution is -0.154. The largest absolute Gasteiger partial charge is 0.495 e. The number of nitrogens with zero attached hydrogens (tertiary/aromatic N) is 3. The summed E-state index contributed by atoms with van der Waals surface area (Å²) in [7, 11) is 1.65. The van der Waals surface area contributed by atoms with E-state index < -0.39 is 5.97 Å². The van der Waals surface area contributed by atoms with Crippen LogP contribution in [0.15, 0.2) is 24.3 Å². The van der Waals surface area contributed by atoms with Gasteiger partial charge in [0.15, 0.2) is 6.61 Å². The number of ether oxygens (including phenoxy) is 2. The van der Waals surface area contributed by atoms with Crippen LogP contribution >= 0.6 is 0 Å². The maximum Gasteiger partial charge on any atom is 0.326 e. The normalized spacial score (nSPS) is 17.7. The zero-order valence-electron chi connectivity index (χ0n) is 17.0. The number of piperazine rings is 1. The van der Waals surface area contributed by atoms with Crippen molar-refractivity contribution in [2.75, 3.05) is 57.9 Å². The van der Waals surface area contributed by atoms with Crippen LogP contribution in [-0.2, 0) is 19.1 Å². The third kappa shape index (κ3) is 5.62. The monoisotopic (exact) mass is 403 g/mol. The first kappa shape index (κ1) is 21.0. The molecule has 0 radical (unpaired) electrons. The maximum atomic E-state index is 12.4. The molecular formula is C21H29N3O5. The summed E-state index contributed by atoms with van der Waals surface area (Å²) in [5.41, 5.74) is 1.01. The van der Waals surface area contributed by atoms with E-state index in [0.717, 1.165) is 30.7 Å². The van der Waals surface area contributed by atoms with Crippen molar-refractivity contribution in [3.63, 3.8) is 0 Å².